The first-order valence-electron chi connectivity index (χ1n) is 4.02. The molecule has 0 saturated carbocycles. The maximum Gasteiger partial charge on any atom is 0.328 e. The third-order valence-corrected chi connectivity index (χ3v) is 2.31. The molecule has 7 nitrogen and oxygen atoms in total. The number of carbonyl (C=O) groups is 4. The van der Waals surface area contributed by atoms with Crippen LogP contribution in [-0.2, 0) is 14.4 Å². The van der Waals surface area contributed by atoms with Crippen LogP contribution in [0.3, 0.4) is 0 Å². The Hall–Kier alpha value is -1.92. The molecule has 0 aliphatic carbocycles. The Bertz CT molecular complexity index is 342. The highest BCUT2D eigenvalue weighted by Gasteiger charge is 2.54. The van der Waals surface area contributed by atoms with Crippen molar-refractivity contribution in [2.75, 3.05) is 0 Å². The lowest BCUT2D eigenvalue weighted by molar-refractivity contribution is -0.140. The number of amides is 5. The smallest absolute Gasteiger partial charge is 0.328 e. The average Bonchev–Trinajstić information content (AvgIpc) is 2.46. The zero-order valence-electron chi connectivity index (χ0n) is 7.05. The Balaban J connectivity index is 2.34. The fourth-order valence-corrected chi connectivity index (χ4v) is 1.56. The summed E-state index contributed by atoms with van der Waals surface area (Å²) in [6.45, 7) is 0. The Morgan fingerprint density at radius 2 is 1.57 bits per heavy atom. The molecule has 5 amide bonds. The number of rotatable bonds is 0. The molecule has 2 rings (SSSR count). The van der Waals surface area contributed by atoms with Crippen LogP contribution in [0.2, 0.25) is 0 Å². The molecule has 0 atom stereocenters. The van der Waals surface area contributed by atoms with E-state index < -0.39 is 23.4 Å². The number of imide groups is 2. The highest BCUT2D eigenvalue weighted by Crippen LogP contribution is 2.22. The van der Waals surface area contributed by atoms with Crippen LogP contribution >= 0.6 is 0 Å². The van der Waals surface area contributed by atoms with Gasteiger partial charge in [-0.2, -0.15) is 0 Å². The summed E-state index contributed by atoms with van der Waals surface area (Å²) in [6.07, 6.45) is 0.186. The Labute approximate surface area is 78.2 Å². The van der Waals surface area contributed by atoms with Crippen molar-refractivity contribution in [2.45, 2.75) is 18.4 Å². The summed E-state index contributed by atoms with van der Waals surface area (Å²) in [5, 5.41) is 6.15. The lowest BCUT2D eigenvalue weighted by Crippen LogP contribution is -2.70. The summed E-state index contributed by atoms with van der Waals surface area (Å²) >= 11 is 0. The van der Waals surface area contributed by atoms with Gasteiger partial charge in [0.25, 0.3) is 11.8 Å². The summed E-state index contributed by atoms with van der Waals surface area (Å²) in [5.74, 6) is -1.90. The van der Waals surface area contributed by atoms with Crippen molar-refractivity contribution in [3.8, 4) is 0 Å². The second kappa shape index (κ2) is 2.53. The van der Waals surface area contributed by atoms with Gasteiger partial charge in [-0.1, -0.05) is 0 Å². The number of carbonyl (C=O) groups excluding carboxylic acids is 4. The molecule has 0 aromatic heterocycles. The second-order valence-corrected chi connectivity index (χ2v) is 3.19. The normalized spacial score (nSPS) is 24.6. The molecular formula is C7H7N3O4. The van der Waals surface area contributed by atoms with Crippen molar-refractivity contribution in [3.05, 3.63) is 0 Å². The summed E-state index contributed by atoms with van der Waals surface area (Å²) in [5.41, 5.74) is -1.58. The van der Waals surface area contributed by atoms with Crippen molar-refractivity contribution >= 4 is 23.8 Å². The molecule has 74 valence electrons. The second-order valence-electron chi connectivity index (χ2n) is 3.19. The molecule has 14 heavy (non-hydrogen) atoms. The lowest BCUT2D eigenvalue weighted by Gasteiger charge is -2.29. The number of hydrogen-bond acceptors (Lipinski definition) is 4. The third kappa shape index (κ3) is 0.983. The molecule has 7 heteroatoms. The van der Waals surface area contributed by atoms with E-state index in [9.17, 15) is 19.2 Å². The summed E-state index contributed by atoms with van der Waals surface area (Å²) in [6, 6.07) is -0.855. The van der Waals surface area contributed by atoms with E-state index in [1.165, 1.54) is 0 Å². The maximum atomic E-state index is 11.4. The molecule has 2 saturated heterocycles. The largest absolute Gasteiger partial charge is 0.334 e. The van der Waals surface area contributed by atoms with Gasteiger partial charge in [0.05, 0.1) is 0 Å². The zero-order valence-corrected chi connectivity index (χ0v) is 7.05. The number of barbiturate groups is 1. The highest BCUT2D eigenvalue weighted by atomic mass is 16.2. The molecular weight excluding hydrogens is 190 g/mol. The van der Waals surface area contributed by atoms with Crippen molar-refractivity contribution in [1.82, 2.24) is 16.0 Å². The van der Waals surface area contributed by atoms with Gasteiger partial charge in [-0.3, -0.25) is 25.0 Å². The van der Waals surface area contributed by atoms with Gasteiger partial charge < -0.3 is 5.32 Å². The van der Waals surface area contributed by atoms with E-state index in [4.69, 9.17) is 0 Å². The molecule has 2 aliphatic rings. The standard InChI is InChI=1S/C7H7N3O4/c11-3-1-2-7(10-3)4(12)8-6(14)9-5(7)13/h1-2H2,(H,10,11)(H2,8,9,12,13,14). The number of urea groups is 1. The zero-order chi connectivity index (χ0) is 10.3. The van der Waals surface area contributed by atoms with Crippen LogP contribution in [-0.4, -0.2) is 29.3 Å². The van der Waals surface area contributed by atoms with Crippen LogP contribution in [0.25, 0.3) is 0 Å². The molecule has 0 aromatic rings. The van der Waals surface area contributed by atoms with E-state index in [1.54, 1.807) is 0 Å². The Kier molecular flexibility index (Phi) is 1.57. The average molecular weight is 197 g/mol. The molecule has 1 spiro atoms. The fourth-order valence-electron chi connectivity index (χ4n) is 1.56. The van der Waals surface area contributed by atoms with Crippen LogP contribution in [0, 0.1) is 0 Å². The van der Waals surface area contributed by atoms with Gasteiger partial charge in [0.1, 0.15) is 0 Å². The van der Waals surface area contributed by atoms with Crippen molar-refractivity contribution in [2.24, 2.45) is 0 Å². The number of hydrogen-bond donors (Lipinski definition) is 3. The first-order chi connectivity index (χ1) is 6.54. The van der Waals surface area contributed by atoms with Crippen LogP contribution in [0.4, 0.5) is 4.79 Å². The predicted molar refractivity (Wildman–Crippen MR) is 41.8 cm³/mol. The van der Waals surface area contributed by atoms with Gasteiger partial charge in [0, 0.05) is 6.42 Å². The van der Waals surface area contributed by atoms with E-state index in [2.05, 4.69) is 5.32 Å². The summed E-state index contributed by atoms with van der Waals surface area (Å²) < 4.78 is 0. The monoisotopic (exact) mass is 197 g/mol. The minimum atomic E-state index is -1.58. The molecule has 0 unspecified atom stereocenters. The summed E-state index contributed by atoms with van der Waals surface area (Å²) in [7, 11) is 0. The van der Waals surface area contributed by atoms with Gasteiger partial charge in [0.15, 0.2) is 5.54 Å². The van der Waals surface area contributed by atoms with E-state index >= 15 is 0 Å². The van der Waals surface area contributed by atoms with Crippen LogP contribution in [0.1, 0.15) is 12.8 Å². The molecule has 3 N–H and O–H groups in total. The Morgan fingerprint density at radius 1 is 1.00 bits per heavy atom. The lowest BCUT2D eigenvalue weighted by atomic mass is 9.94. The van der Waals surface area contributed by atoms with Crippen LogP contribution < -0.4 is 16.0 Å². The molecule has 2 aliphatic heterocycles. The molecule has 2 fully saturated rings. The highest BCUT2D eigenvalue weighted by molar-refractivity contribution is 6.24. The van der Waals surface area contributed by atoms with Crippen molar-refractivity contribution in [3.63, 3.8) is 0 Å². The Morgan fingerprint density at radius 3 is 2.00 bits per heavy atom. The van der Waals surface area contributed by atoms with E-state index in [1.807, 2.05) is 10.6 Å². The van der Waals surface area contributed by atoms with Crippen molar-refractivity contribution in [1.29, 1.82) is 0 Å². The number of nitrogens with one attached hydrogen (secondary N) is 3. The van der Waals surface area contributed by atoms with E-state index in [-0.39, 0.29) is 18.7 Å². The van der Waals surface area contributed by atoms with Gasteiger partial charge >= 0.3 is 6.03 Å². The fraction of sp³-hybridized carbons (Fsp3) is 0.429. The SMILES string of the molecule is O=C1CCC2(N1)C(=O)NC(=O)NC2=O. The molecule has 2 heterocycles. The van der Waals surface area contributed by atoms with Gasteiger partial charge in [-0.05, 0) is 6.42 Å². The van der Waals surface area contributed by atoms with E-state index in [0.29, 0.717) is 0 Å². The first-order valence-corrected chi connectivity index (χ1v) is 4.02. The van der Waals surface area contributed by atoms with Crippen LogP contribution in [0.5, 0.6) is 0 Å². The quantitative estimate of drug-likeness (QED) is 0.390. The van der Waals surface area contributed by atoms with Crippen LogP contribution in [0.15, 0.2) is 0 Å². The van der Waals surface area contributed by atoms with Gasteiger partial charge in [-0.25, -0.2) is 4.79 Å². The third-order valence-electron chi connectivity index (χ3n) is 2.31. The molecule has 0 aromatic carbocycles. The van der Waals surface area contributed by atoms with E-state index in [0.717, 1.165) is 0 Å². The molecule has 0 radical (unpaired) electrons. The minimum absolute atomic E-state index is 0.0801. The maximum absolute atomic E-state index is 11.4. The first kappa shape index (κ1) is 8.67. The minimum Gasteiger partial charge on any atom is -0.334 e. The molecule has 0 bridgehead atoms. The van der Waals surface area contributed by atoms with Gasteiger partial charge in [0.2, 0.25) is 5.91 Å². The summed E-state index contributed by atoms with van der Waals surface area (Å²) in [4.78, 5) is 44.4. The topological polar surface area (TPSA) is 104 Å². The van der Waals surface area contributed by atoms with Crippen molar-refractivity contribution < 1.29 is 19.2 Å². The van der Waals surface area contributed by atoms with Gasteiger partial charge in [-0.15, -0.1) is 0 Å². The predicted octanol–water partition coefficient (Wildman–Crippen LogP) is -2.00.